The molecule has 0 radical (unpaired) electrons. The predicted molar refractivity (Wildman–Crippen MR) is 154 cm³/mol. The lowest BCUT2D eigenvalue weighted by Crippen LogP contribution is -2.17. The summed E-state index contributed by atoms with van der Waals surface area (Å²) in [7, 11) is 0. The first-order chi connectivity index (χ1) is 17.9. The van der Waals surface area contributed by atoms with Crippen molar-refractivity contribution in [2.45, 2.75) is 45.6 Å². The molecule has 5 aromatic rings. The van der Waals surface area contributed by atoms with Crippen molar-refractivity contribution in [1.29, 1.82) is 0 Å². The van der Waals surface area contributed by atoms with Gasteiger partial charge in [-0.25, -0.2) is 4.39 Å². The van der Waals surface area contributed by atoms with Crippen LogP contribution in [0.1, 0.15) is 68.0 Å². The first-order valence-electron chi connectivity index (χ1n) is 13.0. The van der Waals surface area contributed by atoms with Crippen molar-refractivity contribution in [3.8, 4) is 11.3 Å². The molecule has 37 heavy (non-hydrogen) atoms. The Bertz CT molecular complexity index is 1500. The van der Waals surface area contributed by atoms with Crippen molar-refractivity contribution in [2.24, 2.45) is 0 Å². The first-order valence-corrected chi connectivity index (χ1v) is 13.0. The van der Waals surface area contributed by atoms with Crippen LogP contribution in [0.25, 0.3) is 22.0 Å². The number of fused-ring (bicyclic) bond motifs is 1. The molecule has 0 bridgehead atoms. The van der Waals surface area contributed by atoms with Gasteiger partial charge in [0.1, 0.15) is 5.82 Å². The smallest absolute Gasteiger partial charge is 0.131 e. The number of benzene rings is 4. The fraction of sp³-hybridized carbons (Fsp3) is 0.206. The molecule has 0 aliphatic carbocycles. The number of pyridine rings is 1. The highest BCUT2D eigenvalue weighted by Gasteiger charge is 2.22. The van der Waals surface area contributed by atoms with E-state index in [1.807, 2.05) is 48.5 Å². The van der Waals surface area contributed by atoms with Crippen molar-refractivity contribution < 1.29 is 4.39 Å². The zero-order valence-electron chi connectivity index (χ0n) is 21.9. The van der Waals surface area contributed by atoms with Gasteiger partial charge in [-0.3, -0.25) is 4.98 Å². The maximum Gasteiger partial charge on any atom is 0.131 e. The molecule has 0 spiro atoms. The van der Waals surface area contributed by atoms with Gasteiger partial charge in [0.15, 0.2) is 0 Å². The molecule has 0 saturated carbocycles. The van der Waals surface area contributed by atoms with Gasteiger partial charge < -0.3 is 5.32 Å². The van der Waals surface area contributed by atoms with Crippen LogP contribution in [0.4, 0.5) is 10.1 Å². The van der Waals surface area contributed by atoms with Crippen LogP contribution < -0.4 is 5.32 Å². The number of nitrogens with one attached hydrogen (secondary N) is 1. The van der Waals surface area contributed by atoms with Crippen LogP contribution in [0.5, 0.6) is 0 Å². The highest BCUT2D eigenvalue weighted by molar-refractivity contribution is 5.96. The van der Waals surface area contributed by atoms with E-state index in [0.717, 1.165) is 27.9 Å². The minimum Gasteiger partial charge on any atom is -0.372 e. The van der Waals surface area contributed by atoms with E-state index in [1.54, 1.807) is 0 Å². The van der Waals surface area contributed by atoms with Gasteiger partial charge in [0.25, 0.3) is 0 Å². The number of nitrogens with zero attached hydrogens (tertiary/aromatic N) is 1. The van der Waals surface area contributed by atoms with Gasteiger partial charge in [-0.1, -0.05) is 107 Å². The van der Waals surface area contributed by atoms with Crippen LogP contribution in [0.2, 0.25) is 0 Å². The molecular formula is C34H33FN2. The number of hydrogen-bond acceptors (Lipinski definition) is 2. The molecule has 0 amide bonds. The Morgan fingerprint density at radius 1 is 0.622 bits per heavy atom. The third kappa shape index (κ3) is 4.99. The maximum absolute atomic E-state index is 14.5. The van der Waals surface area contributed by atoms with Crippen molar-refractivity contribution in [1.82, 2.24) is 4.98 Å². The van der Waals surface area contributed by atoms with Gasteiger partial charge in [0, 0.05) is 16.6 Å². The second kappa shape index (κ2) is 10.6. The molecule has 1 N–H and O–H groups in total. The molecule has 0 fully saturated rings. The topological polar surface area (TPSA) is 24.9 Å². The molecule has 2 nitrogen and oxygen atoms in total. The van der Waals surface area contributed by atoms with E-state index in [-0.39, 0.29) is 11.9 Å². The van der Waals surface area contributed by atoms with E-state index in [1.165, 1.54) is 22.9 Å². The molecule has 0 aliphatic rings. The fourth-order valence-electron chi connectivity index (χ4n) is 5.08. The van der Waals surface area contributed by atoms with E-state index in [9.17, 15) is 4.39 Å². The SMILES string of the molecule is CC(C)c1cccc(C(C)C)c1NC(c1ccccc1)c1cccc(-c2ccc(F)c3ccccc23)n1. The predicted octanol–water partition coefficient (Wildman–Crippen LogP) is 9.49. The molecule has 1 unspecified atom stereocenters. The quantitative estimate of drug-likeness (QED) is 0.247. The monoisotopic (exact) mass is 488 g/mol. The van der Waals surface area contributed by atoms with E-state index in [4.69, 9.17) is 4.98 Å². The van der Waals surface area contributed by atoms with E-state index < -0.39 is 0 Å². The van der Waals surface area contributed by atoms with Gasteiger partial charge in [0.2, 0.25) is 0 Å². The van der Waals surface area contributed by atoms with E-state index in [0.29, 0.717) is 17.2 Å². The highest BCUT2D eigenvalue weighted by atomic mass is 19.1. The second-order valence-electron chi connectivity index (χ2n) is 10.2. The zero-order valence-corrected chi connectivity index (χ0v) is 21.9. The third-order valence-corrected chi connectivity index (χ3v) is 7.01. The van der Waals surface area contributed by atoms with Crippen molar-refractivity contribution >= 4 is 16.5 Å². The molecule has 1 atom stereocenters. The fourth-order valence-corrected chi connectivity index (χ4v) is 5.08. The molecule has 0 aliphatic heterocycles. The standard InChI is InChI=1S/C34H33FN2/c1-22(2)25-16-10-17-26(23(3)4)34(25)37-33(24-12-6-5-7-13-24)32-19-11-18-31(36-32)29-20-21-30(35)28-15-9-8-14-27(28)29/h5-23,33,37H,1-4H3. The number of aromatic nitrogens is 1. The summed E-state index contributed by atoms with van der Waals surface area (Å²) in [6.07, 6.45) is 0. The van der Waals surface area contributed by atoms with E-state index >= 15 is 0 Å². The number of hydrogen-bond donors (Lipinski definition) is 1. The lowest BCUT2D eigenvalue weighted by Gasteiger charge is -2.27. The van der Waals surface area contributed by atoms with Gasteiger partial charge in [-0.05, 0) is 58.2 Å². The van der Waals surface area contributed by atoms with Crippen molar-refractivity contribution in [3.63, 3.8) is 0 Å². The molecule has 5 rings (SSSR count). The van der Waals surface area contributed by atoms with Crippen LogP contribution in [-0.2, 0) is 0 Å². The summed E-state index contributed by atoms with van der Waals surface area (Å²) in [6.45, 7) is 8.95. The Balaban J connectivity index is 1.66. The summed E-state index contributed by atoms with van der Waals surface area (Å²) in [6, 6.07) is 34.0. The zero-order chi connectivity index (χ0) is 25.9. The molecule has 3 heteroatoms. The van der Waals surface area contributed by atoms with Gasteiger partial charge in [-0.2, -0.15) is 0 Å². The number of para-hydroxylation sites is 1. The largest absolute Gasteiger partial charge is 0.372 e. The molecule has 4 aromatic carbocycles. The first kappa shape index (κ1) is 24.7. The van der Waals surface area contributed by atoms with Gasteiger partial charge >= 0.3 is 0 Å². The molecular weight excluding hydrogens is 455 g/mol. The van der Waals surface area contributed by atoms with Crippen LogP contribution in [-0.4, -0.2) is 4.98 Å². The third-order valence-electron chi connectivity index (χ3n) is 7.01. The summed E-state index contributed by atoms with van der Waals surface area (Å²) in [5.41, 5.74) is 7.60. The number of anilines is 1. The Morgan fingerprint density at radius 2 is 1.24 bits per heavy atom. The Morgan fingerprint density at radius 3 is 1.92 bits per heavy atom. The average Bonchev–Trinajstić information content (AvgIpc) is 2.92. The summed E-state index contributed by atoms with van der Waals surface area (Å²) in [4.78, 5) is 5.16. The maximum atomic E-state index is 14.5. The van der Waals surface area contributed by atoms with Crippen molar-refractivity contribution in [3.05, 3.63) is 131 Å². The molecule has 1 heterocycles. The van der Waals surface area contributed by atoms with Crippen LogP contribution >= 0.6 is 0 Å². The summed E-state index contributed by atoms with van der Waals surface area (Å²) in [5, 5.41) is 5.39. The lowest BCUT2D eigenvalue weighted by atomic mass is 9.91. The van der Waals surface area contributed by atoms with E-state index in [2.05, 4.69) is 81.5 Å². The lowest BCUT2D eigenvalue weighted by molar-refractivity contribution is 0.640. The highest BCUT2D eigenvalue weighted by Crippen LogP contribution is 2.37. The Kier molecular flexibility index (Phi) is 7.05. The Hall–Kier alpha value is -3.98. The summed E-state index contributed by atoms with van der Waals surface area (Å²) < 4.78 is 14.5. The second-order valence-corrected chi connectivity index (χ2v) is 10.2. The van der Waals surface area contributed by atoms with Crippen LogP contribution in [0.3, 0.4) is 0 Å². The van der Waals surface area contributed by atoms with Gasteiger partial charge in [0.05, 0.1) is 17.4 Å². The Labute approximate surface area is 219 Å². The number of rotatable bonds is 7. The minimum atomic E-state index is -0.217. The molecule has 186 valence electrons. The van der Waals surface area contributed by atoms with Crippen LogP contribution in [0.15, 0.2) is 103 Å². The van der Waals surface area contributed by atoms with Gasteiger partial charge in [-0.15, -0.1) is 0 Å². The average molecular weight is 489 g/mol. The van der Waals surface area contributed by atoms with Crippen LogP contribution in [0, 0.1) is 5.82 Å². The molecule has 1 aromatic heterocycles. The number of halogens is 1. The summed E-state index contributed by atoms with van der Waals surface area (Å²) >= 11 is 0. The minimum absolute atomic E-state index is 0.148. The van der Waals surface area contributed by atoms with Crippen molar-refractivity contribution in [2.75, 3.05) is 5.32 Å². The summed E-state index contributed by atoms with van der Waals surface area (Å²) in [5.74, 6) is 0.538. The normalized spacial score (nSPS) is 12.3. The molecule has 0 saturated heterocycles.